The van der Waals surface area contributed by atoms with Gasteiger partial charge in [-0.1, -0.05) is 40.5 Å². The van der Waals surface area contributed by atoms with E-state index < -0.39 is 18.2 Å². The number of oxime groups is 1. The number of nitriles is 1. The summed E-state index contributed by atoms with van der Waals surface area (Å²) in [6.07, 6.45) is -2.43. The maximum Gasteiger partial charge on any atom is 0.435 e. The normalized spacial score (nSPS) is 20.4. The zero-order chi connectivity index (χ0) is 24.5. The monoisotopic (exact) mass is 525 g/mol. The molecule has 34 heavy (non-hydrogen) atoms. The Bertz CT molecular complexity index is 1220. The Morgan fingerprint density at radius 1 is 1.21 bits per heavy atom. The third kappa shape index (κ3) is 4.90. The molecule has 1 fully saturated rings. The Labute approximate surface area is 207 Å². The van der Waals surface area contributed by atoms with Crippen LogP contribution >= 0.6 is 35.0 Å². The van der Waals surface area contributed by atoms with Crippen LogP contribution < -0.4 is 5.32 Å². The largest absolute Gasteiger partial charge is 0.435 e. The summed E-state index contributed by atoms with van der Waals surface area (Å²) in [6, 6.07) is 10.4. The number of carbonyl (C=O) groups is 1. The van der Waals surface area contributed by atoms with Gasteiger partial charge in [-0.25, -0.2) is 0 Å². The lowest BCUT2D eigenvalue weighted by atomic mass is 9.88. The molecule has 1 unspecified atom stereocenters. The highest BCUT2D eigenvalue weighted by atomic mass is 35.5. The number of alkyl halides is 3. The van der Waals surface area contributed by atoms with Crippen molar-refractivity contribution in [3.63, 3.8) is 0 Å². The molecular weight excluding hydrogens is 510 g/mol. The quantitative estimate of drug-likeness (QED) is 0.489. The average Bonchev–Trinajstić information content (AvgIpc) is 3.16. The number of rotatable bonds is 5. The van der Waals surface area contributed by atoms with Crippen molar-refractivity contribution in [2.75, 3.05) is 16.8 Å². The van der Waals surface area contributed by atoms with Gasteiger partial charge in [0.25, 0.3) is 5.60 Å². The van der Waals surface area contributed by atoms with Crippen molar-refractivity contribution in [2.24, 2.45) is 11.1 Å². The molecule has 2 heterocycles. The van der Waals surface area contributed by atoms with Crippen LogP contribution in [-0.4, -0.2) is 29.3 Å². The fourth-order valence-electron chi connectivity index (χ4n) is 3.48. The number of anilines is 1. The molecule has 1 N–H and O–H groups in total. The highest BCUT2D eigenvalue weighted by Gasteiger charge is 2.62. The highest BCUT2D eigenvalue weighted by molar-refractivity contribution is 8.00. The predicted octanol–water partition coefficient (Wildman–Crippen LogP) is 6.41. The lowest BCUT2D eigenvalue weighted by Gasteiger charge is -2.29. The van der Waals surface area contributed by atoms with Crippen LogP contribution in [0.2, 0.25) is 10.0 Å². The summed E-state index contributed by atoms with van der Waals surface area (Å²) < 4.78 is 42.2. The zero-order valence-corrected chi connectivity index (χ0v) is 19.7. The summed E-state index contributed by atoms with van der Waals surface area (Å²) in [7, 11) is 0. The van der Waals surface area contributed by atoms with Gasteiger partial charge < -0.3 is 10.2 Å². The number of carbonyl (C=O) groups excluding carboxylic acids is 1. The second-order valence-corrected chi connectivity index (χ2v) is 9.76. The second kappa shape index (κ2) is 9.53. The molecule has 1 atom stereocenters. The summed E-state index contributed by atoms with van der Waals surface area (Å²) in [5.74, 6) is 1.19. The molecule has 0 aromatic heterocycles. The highest BCUT2D eigenvalue weighted by Crippen LogP contribution is 2.49. The van der Waals surface area contributed by atoms with E-state index in [0.29, 0.717) is 11.3 Å². The first-order valence-corrected chi connectivity index (χ1v) is 11.9. The molecule has 0 saturated carbocycles. The SMILES string of the molecule is N#Cc1ccc(/C=C/C2=NOC(c3cc(Cl)cc(Cl)c3)(C(F)(F)F)C2)cc1NC(=O)C1CSC1. The summed E-state index contributed by atoms with van der Waals surface area (Å²) in [4.78, 5) is 17.2. The Morgan fingerprint density at radius 2 is 1.91 bits per heavy atom. The molecule has 1 amide bonds. The molecule has 0 aliphatic carbocycles. The molecule has 5 nitrogen and oxygen atoms in total. The lowest BCUT2D eigenvalue weighted by molar-refractivity contribution is -0.275. The minimum atomic E-state index is -4.79. The minimum Gasteiger partial charge on any atom is -0.374 e. The van der Waals surface area contributed by atoms with Crippen LogP contribution in [0.3, 0.4) is 0 Å². The number of amides is 1. The number of benzene rings is 2. The van der Waals surface area contributed by atoms with E-state index in [1.807, 2.05) is 6.07 Å². The Kier molecular flexibility index (Phi) is 6.85. The average molecular weight is 526 g/mol. The van der Waals surface area contributed by atoms with Crippen LogP contribution in [0, 0.1) is 17.2 Å². The van der Waals surface area contributed by atoms with Gasteiger partial charge in [0.2, 0.25) is 5.91 Å². The number of nitrogens with one attached hydrogen (secondary N) is 1. The maximum atomic E-state index is 14.1. The van der Waals surface area contributed by atoms with E-state index in [9.17, 15) is 23.2 Å². The van der Waals surface area contributed by atoms with E-state index in [2.05, 4.69) is 10.5 Å². The van der Waals surface area contributed by atoms with Crippen molar-refractivity contribution in [1.29, 1.82) is 5.26 Å². The van der Waals surface area contributed by atoms with Crippen LogP contribution in [-0.2, 0) is 15.2 Å². The van der Waals surface area contributed by atoms with Gasteiger partial charge >= 0.3 is 6.18 Å². The van der Waals surface area contributed by atoms with Crippen molar-refractivity contribution >= 4 is 58.3 Å². The zero-order valence-electron chi connectivity index (χ0n) is 17.3. The number of nitrogens with zero attached hydrogens (tertiary/aromatic N) is 2. The van der Waals surface area contributed by atoms with Crippen LogP contribution in [0.4, 0.5) is 18.9 Å². The molecule has 4 rings (SSSR count). The van der Waals surface area contributed by atoms with E-state index in [1.165, 1.54) is 24.3 Å². The second-order valence-electron chi connectivity index (χ2n) is 7.81. The molecule has 0 bridgehead atoms. The van der Waals surface area contributed by atoms with Crippen molar-refractivity contribution in [1.82, 2.24) is 0 Å². The van der Waals surface area contributed by atoms with Crippen molar-refractivity contribution in [3.8, 4) is 6.07 Å². The summed E-state index contributed by atoms with van der Waals surface area (Å²) in [6.45, 7) is 0. The molecule has 176 valence electrons. The van der Waals surface area contributed by atoms with E-state index in [4.69, 9.17) is 28.0 Å². The van der Waals surface area contributed by atoms with Crippen LogP contribution in [0.5, 0.6) is 0 Å². The number of halogens is 5. The van der Waals surface area contributed by atoms with Gasteiger partial charge in [0.05, 0.1) is 22.9 Å². The molecule has 2 aromatic rings. The Hall–Kier alpha value is -2.67. The summed E-state index contributed by atoms with van der Waals surface area (Å²) >= 11 is 13.5. The van der Waals surface area contributed by atoms with E-state index in [0.717, 1.165) is 23.6 Å². The van der Waals surface area contributed by atoms with Crippen molar-refractivity contribution < 1.29 is 22.8 Å². The molecule has 2 aliphatic rings. The summed E-state index contributed by atoms with van der Waals surface area (Å²) in [5, 5.41) is 15.8. The third-order valence-corrected chi connectivity index (χ3v) is 7.15. The van der Waals surface area contributed by atoms with Crippen LogP contribution in [0.15, 0.2) is 47.6 Å². The number of thioether (sulfide) groups is 1. The van der Waals surface area contributed by atoms with Crippen LogP contribution in [0.25, 0.3) is 6.08 Å². The van der Waals surface area contributed by atoms with E-state index in [1.54, 1.807) is 23.9 Å². The summed E-state index contributed by atoms with van der Waals surface area (Å²) in [5.41, 5.74) is -1.72. The topological polar surface area (TPSA) is 74.5 Å². The molecule has 2 aromatic carbocycles. The predicted molar refractivity (Wildman–Crippen MR) is 127 cm³/mol. The first-order chi connectivity index (χ1) is 16.1. The maximum absolute atomic E-state index is 14.1. The van der Waals surface area contributed by atoms with Gasteiger partial charge in [-0.2, -0.15) is 30.2 Å². The first kappa shape index (κ1) is 24.5. The number of hydrogen-bond donors (Lipinski definition) is 1. The van der Waals surface area contributed by atoms with E-state index in [-0.39, 0.29) is 38.7 Å². The molecule has 2 aliphatic heterocycles. The van der Waals surface area contributed by atoms with Crippen molar-refractivity contribution in [2.45, 2.75) is 18.2 Å². The van der Waals surface area contributed by atoms with Gasteiger partial charge in [-0.15, -0.1) is 0 Å². The standard InChI is InChI=1S/C23H16Cl2F3N3O2S/c24-17-6-16(7-18(25)8-17)22(23(26,27)28)9-19(31-33-22)4-2-13-1-3-14(10-29)20(5-13)30-21(32)15-11-34-12-15/h1-8,15H,9,11-12H2,(H,30,32)/b4-2+. The van der Waals surface area contributed by atoms with Gasteiger partial charge in [-0.3, -0.25) is 4.79 Å². The molecule has 0 spiro atoms. The van der Waals surface area contributed by atoms with E-state index >= 15 is 0 Å². The number of hydrogen-bond acceptors (Lipinski definition) is 5. The third-order valence-electron chi connectivity index (χ3n) is 5.43. The van der Waals surface area contributed by atoms with Crippen molar-refractivity contribution in [3.05, 3.63) is 69.2 Å². The van der Waals surface area contributed by atoms with Gasteiger partial charge in [-0.05, 0) is 42.0 Å². The molecular formula is C23H16Cl2F3N3O2S. The molecule has 1 saturated heterocycles. The minimum absolute atomic E-state index is 0.0476. The van der Waals surface area contributed by atoms with Gasteiger partial charge in [0, 0.05) is 33.5 Å². The smallest absolute Gasteiger partial charge is 0.374 e. The fraction of sp³-hybridized carbons (Fsp3) is 0.261. The Morgan fingerprint density at radius 3 is 2.50 bits per heavy atom. The van der Waals surface area contributed by atoms with Gasteiger partial charge in [0.1, 0.15) is 6.07 Å². The fourth-order valence-corrected chi connectivity index (χ4v) is 4.78. The molecule has 11 heteroatoms. The number of allylic oxidation sites excluding steroid dienone is 1. The lowest BCUT2D eigenvalue weighted by Crippen LogP contribution is -2.42. The van der Waals surface area contributed by atoms with Gasteiger partial charge in [0.15, 0.2) is 0 Å². The van der Waals surface area contributed by atoms with Crippen LogP contribution in [0.1, 0.15) is 23.1 Å². The Balaban J connectivity index is 1.56. The molecule has 0 radical (unpaired) electrons. The first-order valence-electron chi connectivity index (χ1n) is 10.0.